The van der Waals surface area contributed by atoms with Gasteiger partial charge in [-0.3, -0.25) is 0 Å². The third-order valence-electron chi connectivity index (χ3n) is 6.52. The predicted molar refractivity (Wildman–Crippen MR) is 117 cm³/mol. The number of hydrogen-bond acceptors (Lipinski definition) is 8. The summed E-state index contributed by atoms with van der Waals surface area (Å²) in [5.41, 5.74) is 0.658. The van der Waals surface area contributed by atoms with Gasteiger partial charge < -0.3 is 30.1 Å². The molecule has 1 saturated carbocycles. The number of imidazole rings is 1. The summed E-state index contributed by atoms with van der Waals surface area (Å²) < 4.78 is 1.71. The van der Waals surface area contributed by atoms with Crippen molar-refractivity contribution in [2.75, 3.05) is 23.3 Å². The number of rotatable bonds is 4. The van der Waals surface area contributed by atoms with Gasteiger partial charge in [0.15, 0.2) is 11.5 Å². The first kappa shape index (κ1) is 20.4. The first-order chi connectivity index (χ1) is 14.8. The lowest BCUT2D eigenvalue weighted by Gasteiger charge is -2.26. The maximum atomic E-state index is 10.5. The molecule has 0 spiro atoms. The Bertz CT molecular complexity index is 1110. The van der Waals surface area contributed by atoms with E-state index in [9.17, 15) is 15.3 Å². The Morgan fingerprint density at radius 2 is 2.06 bits per heavy atom. The largest absolute Gasteiger partial charge is 0.390 e. The minimum Gasteiger partial charge on any atom is -0.390 e. The van der Waals surface area contributed by atoms with Crippen LogP contribution in [0.15, 0.2) is 36.9 Å². The average Bonchev–Trinajstić information content (AvgIpc) is 3.43. The monoisotopic (exact) mass is 444 g/mol. The van der Waals surface area contributed by atoms with Gasteiger partial charge in [0.05, 0.1) is 18.5 Å². The van der Waals surface area contributed by atoms with Gasteiger partial charge in [0, 0.05) is 29.8 Å². The Labute approximate surface area is 184 Å². The predicted octanol–water partition coefficient (Wildman–Crippen LogP) is 1.59. The van der Waals surface area contributed by atoms with E-state index < -0.39 is 23.9 Å². The second kappa shape index (κ2) is 7.59. The summed E-state index contributed by atoms with van der Waals surface area (Å²) in [5, 5.41) is 35.2. The van der Waals surface area contributed by atoms with Crippen LogP contribution in [0, 0.1) is 0 Å². The molecule has 2 aliphatic rings. The molecule has 1 aliphatic carbocycles. The van der Waals surface area contributed by atoms with Crippen molar-refractivity contribution in [1.29, 1.82) is 0 Å². The van der Waals surface area contributed by atoms with E-state index in [1.807, 2.05) is 18.2 Å². The van der Waals surface area contributed by atoms with E-state index >= 15 is 0 Å². The molecule has 5 atom stereocenters. The van der Waals surface area contributed by atoms with Crippen LogP contribution >= 0.6 is 11.6 Å². The molecule has 0 unspecified atom stereocenters. The van der Waals surface area contributed by atoms with Gasteiger partial charge in [-0.25, -0.2) is 15.0 Å². The molecule has 10 heteroatoms. The van der Waals surface area contributed by atoms with Crippen molar-refractivity contribution in [3.8, 4) is 0 Å². The molecule has 9 nitrogen and oxygen atoms in total. The highest BCUT2D eigenvalue weighted by Gasteiger charge is 2.51. The topological polar surface area (TPSA) is 120 Å². The van der Waals surface area contributed by atoms with Gasteiger partial charge in [0.25, 0.3) is 0 Å². The lowest BCUT2D eigenvalue weighted by atomic mass is 10.0. The van der Waals surface area contributed by atoms with Crippen molar-refractivity contribution >= 4 is 34.3 Å². The number of benzene rings is 1. The molecule has 5 rings (SSSR count). The zero-order valence-electron chi connectivity index (χ0n) is 17.1. The maximum absolute atomic E-state index is 10.5. The van der Waals surface area contributed by atoms with Crippen molar-refractivity contribution in [3.63, 3.8) is 0 Å². The summed E-state index contributed by atoms with van der Waals surface area (Å²) in [4.78, 5) is 15.5. The molecule has 0 radical (unpaired) electrons. The maximum Gasteiger partial charge on any atom is 0.165 e. The third kappa shape index (κ3) is 3.51. The van der Waals surface area contributed by atoms with Gasteiger partial charge in [0.2, 0.25) is 0 Å². The van der Waals surface area contributed by atoms with Gasteiger partial charge in [-0.2, -0.15) is 0 Å². The number of fused-ring (bicyclic) bond motifs is 1. The highest BCUT2D eigenvalue weighted by atomic mass is 35.5. The number of hydrogen-bond donors (Lipinski definition) is 4. The molecule has 0 amide bonds. The lowest BCUT2D eigenvalue weighted by Crippen LogP contribution is -2.44. The third-order valence-corrected chi connectivity index (χ3v) is 6.76. The summed E-state index contributed by atoms with van der Waals surface area (Å²) in [5.74, 6) is 0.626. The molecule has 164 valence electrons. The second-order valence-electron chi connectivity index (χ2n) is 8.59. The van der Waals surface area contributed by atoms with Gasteiger partial charge in [-0.1, -0.05) is 17.7 Å². The summed E-state index contributed by atoms with van der Waals surface area (Å²) in [6.45, 7) is 3.15. The first-order valence-electron chi connectivity index (χ1n) is 10.4. The van der Waals surface area contributed by atoms with Crippen LogP contribution in [0.4, 0.5) is 11.5 Å². The van der Waals surface area contributed by atoms with E-state index in [1.165, 1.54) is 13.3 Å². The first-order valence-corrected chi connectivity index (χ1v) is 10.8. The van der Waals surface area contributed by atoms with E-state index in [0.29, 0.717) is 17.0 Å². The van der Waals surface area contributed by atoms with E-state index in [4.69, 9.17) is 11.6 Å². The fourth-order valence-corrected chi connectivity index (χ4v) is 4.81. The number of anilines is 2. The quantitative estimate of drug-likeness (QED) is 0.479. The van der Waals surface area contributed by atoms with E-state index in [1.54, 1.807) is 10.9 Å². The van der Waals surface area contributed by atoms with Crippen molar-refractivity contribution < 1.29 is 15.3 Å². The summed E-state index contributed by atoms with van der Waals surface area (Å²) in [6, 6.07) is 7.49. The Kier molecular flexibility index (Phi) is 5.01. The number of nitrogens with one attached hydrogen (secondary N) is 1. The van der Waals surface area contributed by atoms with Crippen LogP contribution in [0.5, 0.6) is 0 Å². The zero-order valence-corrected chi connectivity index (χ0v) is 17.8. The van der Waals surface area contributed by atoms with Gasteiger partial charge >= 0.3 is 0 Å². The Morgan fingerprint density at radius 1 is 1.23 bits per heavy atom. The van der Waals surface area contributed by atoms with Gasteiger partial charge in [-0.15, -0.1) is 0 Å². The molecule has 31 heavy (non-hydrogen) atoms. The number of aliphatic hydroxyl groups excluding tert-OH is 2. The normalized spacial score (nSPS) is 30.9. The molecular formula is C21H25ClN6O3. The second-order valence-corrected chi connectivity index (χ2v) is 9.03. The minimum atomic E-state index is -1.58. The Balaban J connectivity index is 1.36. The van der Waals surface area contributed by atoms with Gasteiger partial charge in [-0.05, 0) is 38.0 Å². The number of aliphatic hydroxyl groups is 3. The number of nitrogens with zero attached hydrogens (tertiary/aromatic N) is 5. The molecule has 3 heterocycles. The van der Waals surface area contributed by atoms with Crippen LogP contribution in [-0.4, -0.2) is 71.8 Å². The molecular weight excluding hydrogens is 420 g/mol. The standard InChI is InChI=1S/C21H25ClN6O3/c1-21(31)16(29)8-15(18(21)30)28-11-25-17-19(23-10-24-20(17)28)26-13-5-6-27(9-13)14-4-2-3-12(22)7-14/h2-4,7,10-11,13,15-16,18,29-31H,5-6,8-9H2,1H3,(H,23,24,26)/t13-,15+,16+,18-,21+/m0/s1. The van der Waals surface area contributed by atoms with Crippen LogP contribution in [0.25, 0.3) is 11.2 Å². The van der Waals surface area contributed by atoms with Crippen LogP contribution < -0.4 is 10.2 Å². The minimum absolute atomic E-state index is 0.182. The molecule has 1 saturated heterocycles. The molecule has 1 aromatic carbocycles. The van der Waals surface area contributed by atoms with Crippen molar-refractivity contribution in [2.45, 2.75) is 49.7 Å². The smallest absolute Gasteiger partial charge is 0.165 e. The van der Waals surface area contributed by atoms with Crippen LogP contribution in [0.1, 0.15) is 25.8 Å². The molecule has 0 bridgehead atoms. The molecule has 2 aromatic heterocycles. The molecule has 2 fully saturated rings. The van der Waals surface area contributed by atoms with Crippen LogP contribution in [0.3, 0.4) is 0 Å². The fourth-order valence-electron chi connectivity index (χ4n) is 4.63. The molecule has 3 aromatic rings. The SMILES string of the molecule is C[C@@]1(O)[C@H](O)C[C@@H](n2cnc3c(N[C@H]4CCN(c5cccc(Cl)c5)C4)ncnc32)[C@@H]1O. The Hall–Kier alpha value is -2.46. The highest BCUT2D eigenvalue weighted by Crippen LogP contribution is 2.39. The number of halogens is 1. The average molecular weight is 445 g/mol. The highest BCUT2D eigenvalue weighted by molar-refractivity contribution is 6.30. The van der Waals surface area contributed by atoms with Gasteiger partial charge in [0.1, 0.15) is 23.5 Å². The van der Waals surface area contributed by atoms with Crippen molar-refractivity contribution in [3.05, 3.63) is 41.9 Å². The van der Waals surface area contributed by atoms with E-state index in [0.717, 1.165) is 30.2 Å². The lowest BCUT2D eigenvalue weighted by molar-refractivity contribution is -0.103. The number of aromatic nitrogens is 4. The van der Waals surface area contributed by atoms with Crippen molar-refractivity contribution in [1.82, 2.24) is 19.5 Å². The van der Waals surface area contributed by atoms with Crippen molar-refractivity contribution in [2.24, 2.45) is 0 Å². The molecule has 4 N–H and O–H groups in total. The summed E-state index contributed by atoms with van der Waals surface area (Å²) >= 11 is 6.13. The van der Waals surface area contributed by atoms with Crippen LogP contribution in [-0.2, 0) is 0 Å². The van der Waals surface area contributed by atoms with E-state index in [2.05, 4.69) is 31.2 Å². The fraction of sp³-hybridized carbons (Fsp3) is 0.476. The van der Waals surface area contributed by atoms with E-state index in [-0.39, 0.29) is 12.5 Å². The summed E-state index contributed by atoms with van der Waals surface area (Å²) in [6.07, 6.45) is 2.04. The summed E-state index contributed by atoms with van der Waals surface area (Å²) in [7, 11) is 0. The van der Waals surface area contributed by atoms with Crippen LogP contribution in [0.2, 0.25) is 5.02 Å². The molecule has 1 aliphatic heterocycles. The zero-order chi connectivity index (χ0) is 21.8. The Morgan fingerprint density at radius 3 is 2.81 bits per heavy atom.